The minimum absolute atomic E-state index is 0.161. The van der Waals surface area contributed by atoms with Crippen LogP contribution in [0.4, 0.5) is 5.69 Å². The molecular formula is C73H64N4+2. The predicted octanol–water partition coefficient (Wildman–Crippen LogP) is 16.4. The number of fused-ring (bicyclic) bond motifs is 12. The molecule has 77 heavy (non-hydrogen) atoms. The number of para-hydroxylation sites is 1. The summed E-state index contributed by atoms with van der Waals surface area (Å²) in [6.07, 6.45) is 30.0. The number of hydrogen-bond acceptors (Lipinski definition) is 2. The number of nitrogens with two attached hydrogens (primary N) is 1. The summed E-state index contributed by atoms with van der Waals surface area (Å²) in [6.45, 7) is 15.1. The molecule has 0 spiro atoms. The lowest BCUT2D eigenvalue weighted by Gasteiger charge is -2.35. The quantitative estimate of drug-likeness (QED) is 0.0936. The van der Waals surface area contributed by atoms with Gasteiger partial charge in [0, 0.05) is 77.5 Å². The molecule has 2 aromatic heterocycles. The first-order valence-electron chi connectivity index (χ1n) is 27.1. The molecule has 4 nitrogen and oxygen atoms in total. The van der Waals surface area contributed by atoms with Gasteiger partial charge in [-0.3, -0.25) is 0 Å². The van der Waals surface area contributed by atoms with Crippen molar-refractivity contribution in [2.24, 2.45) is 11.7 Å². The highest BCUT2D eigenvalue weighted by atomic mass is 15.2. The number of benzene rings is 6. The van der Waals surface area contributed by atoms with Gasteiger partial charge >= 0.3 is 0 Å². The molecule has 0 radical (unpaired) electrons. The van der Waals surface area contributed by atoms with Crippen molar-refractivity contribution < 1.29 is 9.13 Å². The molecule has 2 N–H and O–H groups in total. The molecule has 4 unspecified atom stereocenters. The largest absolute Gasteiger partial charge is 0.405 e. The van der Waals surface area contributed by atoms with Crippen LogP contribution in [0.5, 0.6) is 0 Å². The number of pyridine rings is 2. The third kappa shape index (κ3) is 8.80. The van der Waals surface area contributed by atoms with E-state index >= 15 is 0 Å². The molecule has 8 aromatic rings. The highest BCUT2D eigenvalue weighted by molar-refractivity contribution is 5.88. The van der Waals surface area contributed by atoms with Crippen LogP contribution in [-0.4, -0.2) is 6.04 Å². The van der Waals surface area contributed by atoms with Crippen molar-refractivity contribution in [1.29, 1.82) is 0 Å². The van der Waals surface area contributed by atoms with Crippen LogP contribution in [0.25, 0.3) is 73.1 Å². The summed E-state index contributed by atoms with van der Waals surface area (Å²) in [5.41, 5.74) is 33.2. The average Bonchev–Trinajstić information content (AvgIpc) is 3.87. The maximum absolute atomic E-state index is 5.59. The topological polar surface area (TPSA) is 37.0 Å². The zero-order valence-electron chi connectivity index (χ0n) is 44.1. The first-order valence-corrected chi connectivity index (χ1v) is 27.1. The van der Waals surface area contributed by atoms with Crippen molar-refractivity contribution in [3.05, 3.63) is 301 Å². The molecule has 0 fully saturated rings. The lowest BCUT2D eigenvalue weighted by molar-refractivity contribution is -0.697. The van der Waals surface area contributed by atoms with Crippen LogP contribution in [0.1, 0.15) is 76.9 Å². The molecule has 3 aliphatic heterocycles. The van der Waals surface area contributed by atoms with Gasteiger partial charge < -0.3 is 10.6 Å². The van der Waals surface area contributed by atoms with Crippen LogP contribution in [0.2, 0.25) is 0 Å². The zero-order valence-corrected chi connectivity index (χ0v) is 44.1. The fourth-order valence-corrected chi connectivity index (χ4v) is 12.9. The maximum atomic E-state index is 5.59. The second-order valence-electron chi connectivity index (χ2n) is 20.6. The zero-order chi connectivity index (χ0) is 52.6. The van der Waals surface area contributed by atoms with Gasteiger partial charge in [-0.1, -0.05) is 165 Å². The average molecular weight is 997 g/mol. The molecule has 0 saturated carbocycles. The van der Waals surface area contributed by atoms with Gasteiger partial charge in [0.05, 0.1) is 11.6 Å². The molecular weight excluding hydrogens is 933 g/mol. The molecule has 0 amide bonds. The molecule has 6 aromatic carbocycles. The fraction of sp³-hybridized carbons (Fsp3) is 0.123. The standard InChI is InChI=1S/C52H46N3.C19H14N.C2H4/c1-4-36(5-2)37-17-19-38(20-18-37)39-25-28-54-29-26-51-49-32-42(22-24-47(49)52(54)33-39)46-15-8-9-16-50(46)55(51)34-43-13-6-7-14-44(43)41-21-23-45-40(12-10-11-27-53)30-35(3)48(45)31-41;1-2-6-15-13(5-1)12-19-17-11-14(15)8-9-16(17)18-7-3-4-10-20(18)19;1-2/h4-31,33,35,49,51H,1,32,34,53H2,2-3H3;1-11,19H,12H2;1-2H2/q2*+1;/b12-10-,27-11-,36-5+;;. The Morgan fingerprint density at radius 1 is 0.662 bits per heavy atom. The Morgan fingerprint density at radius 2 is 1.39 bits per heavy atom. The summed E-state index contributed by atoms with van der Waals surface area (Å²) >= 11 is 0. The van der Waals surface area contributed by atoms with Crippen LogP contribution < -0.4 is 19.8 Å². The smallest absolute Gasteiger partial charge is 0.214 e. The number of hydrogen-bond donors (Lipinski definition) is 1. The predicted molar refractivity (Wildman–Crippen MR) is 323 cm³/mol. The monoisotopic (exact) mass is 997 g/mol. The van der Waals surface area contributed by atoms with Gasteiger partial charge in [0.2, 0.25) is 11.4 Å². The summed E-state index contributed by atoms with van der Waals surface area (Å²) in [4.78, 5) is 2.67. The number of anilines is 1. The van der Waals surface area contributed by atoms with E-state index in [4.69, 9.17) is 5.73 Å². The van der Waals surface area contributed by atoms with Crippen molar-refractivity contribution in [3.63, 3.8) is 0 Å². The van der Waals surface area contributed by atoms with Gasteiger partial charge in [-0.05, 0) is 134 Å². The van der Waals surface area contributed by atoms with E-state index in [1.165, 1.54) is 112 Å². The van der Waals surface area contributed by atoms with E-state index in [1.807, 2.05) is 18.2 Å². The van der Waals surface area contributed by atoms with Gasteiger partial charge in [0.25, 0.3) is 0 Å². The fourth-order valence-electron chi connectivity index (χ4n) is 12.9. The van der Waals surface area contributed by atoms with E-state index in [0.29, 0.717) is 17.9 Å². The molecule has 4 heteroatoms. The summed E-state index contributed by atoms with van der Waals surface area (Å²) in [5, 5.41) is 0. The van der Waals surface area contributed by atoms with E-state index in [9.17, 15) is 0 Å². The summed E-state index contributed by atoms with van der Waals surface area (Å²) in [5.74, 6) is 0.636. The summed E-state index contributed by atoms with van der Waals surface area (Å²) < 4.78 is 4.75. The minimum atomic E-state index is 0.161. The van der Waals surface area contributed by atoms with Crippen LogP contribution in [0, 0.1) is 5.92 Å². The highest BCUT2D eigenvalue weighted by Gasteiger charge is 2.41. The number of rotatable bonds is 8. The molecule has 0 saturated heterocycles. The number of nitrogens with zero attached hydrogens (tertiary/aromatic N) is 3. The van der Waals surface area contributed by atoms with Crippen molar-refractivity contribution in [2.45, 2.75) is 51.2 Å². The third-order valence-corrected chi connectivity index (χ3v) is 16.5. The normalized spacial score (nSPS) is 18.5. The van der Waals surface area contributed by atoms with Crippen molar-refractivity contribution >= 4 is 34.2 Å². The van der Waals surface area contributed by atoms with E-state index in [-0.39, 0.29) is 6.04 Å². The minimum Gasteiger partial charge on any atom is -0.405 e. The first-order chi connectivity index (χ1) is 38.0. The second kappa shape index (κ2) is 20.9. The molecule has 14 rings (SSSR count). The summed E-state index contributed by atoms with van der Waals surface area (Å²) in [7, 11) is 0. The van der Waals surface area contributed by atoms with Crippen LogP contribution in [0.3, 0.4) is 0 Å². The Kier molecular flexibility index (Phi) is 13.2. The van der Waals surface area contributed by atoms with Crippen molar-refractivity contribution in [1.82, 2.24) is 0 Å². The SMILES string of the molecule is C=C.C=C/C(=C\C)c1ccc(-c2cc[n+]3c(c2)C2=CC=C4CC2C(C=C3)N(Cc2ccccc2-c2ccc3c(c2)C(C)C=C3/C=C\C=C/N)c2ccccc24)cc1.c1ccc2c(c1)CC1c3cc-2ccc3-c2cccc[n+]21. The second-order valence-corrected chi connectivity index (χ2v) is 20.6. The Morgan fingerprint density at radius 3 is 2.21 bits per heavy atom. The van der Waals surface area contributed by atoms with E-state index in [0.717, 1.165) is 25.0 Å². The Hall–Kier alpha value is -9.12. The number of allylic oxidation sites excluding steroid dienone is 11. The third-order valence-electron chi connectivity index (χ3n) is 16.5. The van der Waals surface area contributed by atoms with E-state index < -0.39 is 0 Å². The van der Waals surface area contributed by atoms with Gasteiger partial charge in [0.15, 0.2) is 24.6 Å². The van der Waals surface area contributed by atoms with E-state index in [1.54, 1.807) is 6.20 Å². The van der Waals surface area contributed by atoms with Crippen LogP contribution in [-0.2, 0) is 13.0 Å². The highest BCUT2D eigenvalue weighted by Crippen LogP contribution is 2.49. The molecule has 6 aliphatic rings. The van der Waals surface area contributed by atoms with E-state index in [2.05, 4.69) is 266 Å². The molecule has 4 bridgehead atoms. The summed E-state index contributed by atoms with van der Waals surface area (Å²) in [6, 6.07) is 61.4. The molecule has 4 atom stereocenters. The molecule has 374 valence electrons. The lowest BCUT2D eigenvalue weighted by atomic mass is 9.79. The molecule has 5 heterocycles. The van der Waals surface area contributed by atoms with Gasteiger partial charge in [0.1, 0.15) is 0 Å². The maximum Gasteiger partial charge on any atom is 0.214 e. The Balaban J connectivity index is 0.000000223. The Labute approximate surface area is 454 Å². The van der Waals surface area contributed by atoms with Gasteiger partial charge in [-0.15, -0.1) is 13.2 Å². The van der Waals surface area contributed by atoms with Crippen molar-refractivity contribution in [3.8, 4) is 44.6 Å². The van der Waals surface area contributed by atoms with Crippen LogP contribution >= 0.6 is 0 Å². The lowest BCUT2D eigenvalue weighted by Crippen LogP contribution is -2.38. The number of aromatic nitrogens is 2. The first kappa shape index (κ1) is 48.8. The van der Waals surface area contributed by atoms with Gasteiger partial charge in [-0.2, -0.15) is 9.13 Å². The molecule has 3 aliphatic carbocycles. The van der Waals surface area contributed by atoms with Crippen LogP contribution in [0.15, 0.2) is 257 Å². The van der Waals surface area contributed by atoms with Gasteiger partial charge in [-0.25, -0.2) is 0 Å². The Bertz CT molecular complexity index is 3850. The van der Waals surface area contributed by atoms with Crippen molar-refractivity contribution in [2.75, 3.05) is 4.90 Å².